The first-order valence-corrected chi connectivity index (χ1v) is 6.86. The van der Waals surface area contributed by atoms with Crippen LogP contribution in [0.25, 0.3) is 11.3 Å². The minimum atomic E-state index is -4.37. The van der Waals surface area contributed by atoms with E-state index in [-0.39, 0.29) is 5.60 Å². The molecule has 0 bridgehead atoms. The summed E-state index contributed by atoms with van der Waals surface area (Å²) >= 11 is 0. The second-order valence-corrected chi connectivity index (χ2v) is 5.84. The van der Waals surface area contributed by atoms with E-state index in [0.717, 1.165) is 12.1 Å². The van der Waals surface area contributed by atoms with Crippen molar-refractivity contribution in [3.8, 4) is 17.0 Å². The second-order valence-electron chi connectivity index (χ2n) is 5.84. The summed E-state index contributed by atoms with van der Waals surface area (Å²) in [6.45, 7) is 4.48. The molecular weight excluding hydrogens is 293 g/mol. The van der Waals surface area contributed by atoms with Crippen molar-refractivity contribution in [2.45, 2.75) is 25.6 Å². The Balaban J connectivity index is 1.97. The molecule has 22 heavy (non-hydrogen) atoms. The van der Waals surface area contributed by atoms with Crippen LogP contribution in [0.1, 0.15) is 19.4 Å². The van der Waals surface area contributed by atoms with Gasteiger partial charge in [0.25, 0.3) is 0 Å². The molecule has 0 saturated carbocycles. The van der Waals surface area contributed by atoms with Gasteiger partial charge in [-0.15, -0.1) is 0 Å². The largest absolute Gasteiger partial charge is 0.482 e. The Hall–Kier alpha value is -2.24. The smallest absolute Gasteiger partial charge is 0.416 e. The molecule has 3 nitrogen and oxygen atoms in total. The number of nitrogens with zero attached hydrogens (tertiary/aromatic N) is 1. The molecule has 0 atom stereocenters. The maximum Gasteiger partial charge on any atom is 0.416 e. The molecule has 1 aromatic heterocycles. The van der Waals surface area contributed by atoms with Crippen LogP contribution in [-0.2, 0) is 6.18 Å². The lowest BCUT2D eigenvalue weighted by molar-refractivity contribution is -0.137. The molecule has 0 unspecified atom stereocenters. The first kappa shape index (κ1) is 14.7. The predicted molar refractivity (Wildman–Crippen MR) is 77.9 cm³/mol. The first-order valence-electron chi connectivity index (χ1n) is 6.86. The topological polar surface area (TPSA) is 34.2 Å². The number of ether oxygens (including phenoxy) is 1. The van der Waals surface area contributed by atoms with Gasteiger partial charge in [-0.2, -0.15) is 13.2 Å². The maximum atomic E-state index is 12.8. The fourth-order valence-corrected chi connectivity index (χ4v) is 2.30. The van der Waals surface area contributed by atoms with E-state index in [0.29, 0.717) is 29.4 Å². The molecule has 3 rings (SSSR count). The molecule has 2 aromatic rings. The Morgan fingerprint density at radius 3 is 2.68 bits per heavy atom. The number of hydrogen-bond donors (Lipinski definition) is 1. The van der Waals surface area contributed by atoms with E-state index in [2.05, 4.69) is 10.3 Å². The molecule has 1 aliphatic heterocycles. The highest BCUT2D eigenvalue weighted by atomic mass is 19.4. The van der Waals surface area contributed by atoms with Crippen molar-refractivity contribution in [1.82, 2.24) is 4.98 Å². The third-order valence-corrected chi connectivity index (χ3v) is 3.41. The average molecular weight is 308 g/mol. The van der Waals surface area contributed by atoms with Gasteiger partial charge in [0.05, 0.1) is 17.8 Å². The zero-order valence-electron chi connectivity index (χ0n) is 12.2. The van der Waals surface area contributed by atoms with Crippen LogP contribution >= 0.6 is 0 Å². The summed E-state index contributed by atoms with van der Waals surface area (Å²) in [6.07, 6.45) is -4.37. The summed E-state index contributed by atoms with van der Waals surface area (Å²) in [5.74, 6) is 1.15. The van der Waals surface area contributed by atoms with Crippen LogP contribution in [0.3, 0.4) is 0 Å². The van der Waals surface area contributed by atoms with Gasteiger partial charge in [0.15, 0.2) is 11.6 Å². The number of aromatic nitrogens is 1. The van der Waals surface area contributed by atoms with Crippen LogP contribution in [0.2, 0.25) is 0 Å². The highest BCUT2D eigenvalue weighted by Gasteiger charge is 2.31. The molecule has 116 valence electrons. The molecule has 6 heteroatoms. The van der Waals surface area contributed by atoms with E-state index in [9.17, 15) is 13.2 Å². The van der Waals surface area contributed by atoms with E-state index in [1.807, 2.05) is 13.8 Å². The number of nitrogens with one attached hydrogen (secondary N) is 1. The van der Waals surface area contributed by atoms with E-state index >= 15 is 0 Å². The number of halogens is 3. The summed E-state index contributed by atoms with van der Waals surface area (Å²) in [5, 5.41) is 3.15. The summed E-state index contributed by atoms with van der Waals surface area (Å²) in [6, 6.07) is 8.53. The lowest BCUT2D eigenvalue weighted by Crippen LogP contribution is -2.40. The number of rotatable bonds is 1. The van der Waals surface area contributed by atoms with Gasteiger partial charge in [0, 0.05) is 5.56 Å². The lowest BCUT2D eigenvalue weighted by Gasteiger charge is -2.32. The molecule has 0 aliphatic carbocycles. The van der Waals surface area contributed by atoms with Crippen molar-refractivity contribution in [1.29, 1.82) is 0 Å². The van der Waals surface area contributed by atoms with Crippen molar-refractivity contribution >= 4 is 5.82 Å². The van der Waals surface area contributed by atoms with Gasteiger partial charge in [0.2, 0.25) is 0 Å². The first-order chi connectivity index (χ1) is 10.2. The Morgan fingerprint density at radius 1 is 1.18 bits per heavy atom. The van der Waals surface area contributed by atoms with Crippen LogP contribution in [-0.4, -0.2) is 17.1 Å². The molecular formula is C16H15F3N2O. The molecule has 0 spiro atoms. The molecule has 0 saturated heterocycles. The van der Waals surface area contributed by atoms with Crippen molar-refractivity contribution in [2.75, 3.05) is 11.9 Å². The number of hydrogen-bond acceptors (Lipinski definition) is 3. The number of fused-ring (bicyclic) bond motifs is 1. The summed E-state index contributed by atoms with van der Waals surface area (Å²) < 4.78 is 44.2. The summed E-state index contributed by atoms with van der Waals surface area (Å²) in [4.78, 5) is 4.37. The van der Waals surface area contributed by atoms with Gasteiger partial charge in [0.1, 0.15) is 5.60 Å². The zero-order chi connectivity index (χ0) is 16.0. The molecule has 1 aromatic carbocycles. The van der Waals surface area contributed by atoms with E-state index in [4.69, 9.17) is 4.74 Å². The van der Waals surface area contributed by atoms with E-state index in [1.54, 1.807) is 18.2 Å². The Bertz CT molecular complexity index is 711. The van der Waals surface area contributed by atoms with Crippen LogP contribution < -0.4 is 10.1 Å². The van der Waals surface area contributed by atoms with Gasteiger partial charge in [-0.3, -0.25) is 0 Å². The molecule has 1 N–H and O–H groups in total. The normalized spacial score (nSPS) is 16.4. The van der Waals surface area contributed by atoms with E-state index < -0.39 is 11.7 Å². The minimum absolute atomic E-state index is 0.341. The standard InChI is InChI=1S/C16H15F3N2O/c1-15(2)9-20-14-13(22-15)7-6-12(21-14)10-4-3-5-11(8-10)16(17,18)19/h3-8H,9H2,1-2H3,(H,20,21). The molecule has 0 amide bonds. The van der Waals surface area contributed by atoms with Crippen molar-refractivity contribution in [3.63, 3.8) is 0 Å². The third kappa shape index (κ3) is 2.86. The Kier molecular flexibility index (Phi) is 3.27. The van der Waals surface area contributed by atoms with Gasteiger partial charge < -0.3 is 10.1 Å². The Labute approximate surface area is 126 Å². The monoisotopic (exact) mass is 308 g/mol. The quantitative estimate of drug-likeness (QED) is 0.850. The van der Waals surface area contributed by atoms with Gasteiger partial charge in [-0.25, -0.2) is 4.98 Å². The second kappa shape index (κ2) is 4.90. The van der Waals surface area contributed by atoms with Gasteiger partial charge in [-0.05, 0) is 38.1 Å². The summed E-state index contributed by atoms with van der Waals surface area (Å²) in [5.41, 5.74) is -0.133. The average Bonchev–Trinajstić information content (AvgIpc) is 2.45. The lowest BCUT2D eigenvalue weighted by atomic mass is 10.1. The van der Waals surface area contributed by atoms with Crippen LogP contribution in [0.4, 0.5) is 19.0 Å². The Morgan fingerprint density at radius 2 is 1.95 bits per heavy atom. The highest BCUT2D eigenvalue weighted by molar-refractivity contribution is 5.66. The highest BCUT2D eigenvalue weighted by Crippen LogP contribution is 2.35. The van der Waals surface area contributed by atoms with Crippen LogP contribution in [0.15, 0.2) is 36.4 Å². The molecule has 0 fully saturated rings. The van der Waals surface area contributed by atoms with Crippen molar-refractivity contribution < 1.29 is 17.9 Å². The van der Waals surface area contributed by atoms with Crippen LogP contribution in [0.5, 0.6) is 5.75 Å². The maximum absolute atomic E-state index is 12.8. The fourth-order valence-electron chi connectivity index (χ4n) is 2.30. The number of anilines is 1. The van der Waals surface area contributed by atoms with Crippen molar-refractivity contribution in [3.05, 3.63) is 42.0 Å². The number of benzene rings is 1. The molecule has 1 aliphatic rings. The summed E-state index contributed by atoms with van der Waals surface area (Å²) in [7, 11) is 0. The van der Waals surface area contributed by atoms with Gasteiger partial charge in [-0.1, -0.05) is 12.1 Å². The van der Waals surface area contributed by atoms with Crippen molar-refractivity contribution in [2.24, 2.45) is 0 Å². The SMILES string of the molecule is CC1(C)CNc2nc(-c3cccc(C(F)(F)F)c3)ccc2O1. The van der Waals surface area contributed by atoms with Crippen LogP contribution in [0, 0.1) is 0 Å². The fraction of sp³-hybridized carbons (Fsp3) is 0.312. The molecule has 0 radical (unpaired) electrons. The zero-order valence-corrected chi connectivity index (χ0v) is 12.2. The third-order valence-electron chi connectivity index (χ3n) is 3.41. The predicted octanol–water partition coefficient (Wildman–Crippen LogP) is 4.35. The number of alkyl halides is 3. The minimum Gasteiger partial charge on any atom is -0.482 e. The van der Waals surface area contributed by atoms with Gasteiger partial charge >= 0.3 is 6.18 Å². The number of pyridine rings is 1. The van der Waals surface area contributed by atoms with E-state index in [1.165, 1.54) is 6.07 Å². The molecule has 2 heterocycles.